The molecule has 29 heavy (non-hydrogen) atoms. The smallest absolute Gasteiger partial charge is 0.129 e. The van der Waals surface area contributed by atoms with Crippen LogP contribution in [0.2, 0.25) is 0 Å². The number of ketones is 1. The Bertz CT molecular complexity index is 638. The van der Waals surface area contributed by atoms with E-state index < -0.39 is 0 Å². The lowest BCUT2D eigenvalue weighted by Gasteiger charge is -2.63. The number of hydrogen-bond donors (Lipinski definition) is 3. The molecule has 4 heteroatoms. The summed E-state index contributed by atoms with van der Waals surface area (Å²) in [5.41, 5.74) is 6.37. The highest BCUT2D eigenvalue weighted by Gasteiger charge is 2.65. The van der Waals surface area contributed by atoms with E-state index in [0.29, 0.717) is 41.9 Å². The fourth-order valence-electron chi connectivity index (χ4n) is 8.82. The molecule has 4 aliphatic carbocycles. The maximum Gasteiger partial charge on any atom is 0.129 e. The molecule has 0 radical (unpaired) electrons. The lowest BCUT2D eigenvalue weighted by Crippen LogP contribution is -2.62. The van der Waals surface area contributed by atoms with E-state index in [2.05, 4.69) is 20.8 Å². The van der Waals surface area contributed by atoms with Gasteiger partial charge < -0.3 is 20.7 Å². The first-order valence-electron chi connectivity index (χ1n) is 12.2. The zero-order chi connectivity index (χ0) is 21.1. The lowest BCUT2D eigenvalue weighted by molar-refractivity contribution is -0.202. The van der Waals surface area contributed by atoms with Crippen molar-refractivity contribution in [1.29, 1.82) is 0 Å². The predicted octanol–water partition coefficient (Wildman–Crippen LogP) is 3.92. The highest BCUT2D eigenvalue weighted by Crippen LogP contribution is 2.68. The van der Waals surface area contributed by atoms with Gasteiger partial charge in [-0.1, -0.05) is 20.8 Å². The van der Waals surface area contributed by atoms with Crippen molar-refractivity contribution in [1.82, 2.24) is 0 Å². The van der Waals surface area contributed by atoms with Crippen LogP contribution in [0.4, 0.5) is 0 Å². The van der Waals surface area contributed by atoms with E-state index in [4.69, 9.17) is 5.73 Å². The third-order valence-electron chi connectivity index (χ3n) is 10.5. The Morgan fingerprint density at radius 1 is 1.10 bits per heavy atom. The van der Waals surface area contributed by atoms with Gasteiger partial charge in [-0.05, 0) is 105 Å². The lowest BCUT2D eigenvalue weighted by atomic mass is 9.43. The number of rotatable bonds is 4. The standard InChI is InChI=1S/C25H43NO3/c1-14(5-6-15(2)27)18-7-8-19-23-20(13-22(29)25(18,19)4)24(3)10-9-17(26)11-16(24)12-21(23)28/h14,16-23,28-29H,5-13,26H2,1-4H3/t14?,16-,17+,18+,19-,20-,21+,22-,23-,24-,25+/m0/s1. The molecule has 0 heterocycles. The zero-order valence-corrected chi connectivity index (χ0v) is 18.9. The van der Waals surface area contributed by atoms with E-state index in [1.807, 2.05) is 0 Å². The summed E-state index contributed by atoms with van der Waals surface area (Å²) in [6.07, 6.45) is 8.19. The van der Waals surface area contributed by atoms with Crippen LogP contribution < -0.4 is 5.73 Å². The highest BCUT2D eigenvalue weighted by molar-refractivity contribution is 5.75. The van der Waals surface area contributed by atoms with Crippen LogP contribution in [0.25, 0.3) is 0 Å². The number of aliphatic hydroxyl groups excluding tert-OH is 2. The molecule has 0 bridgehead atoms. The van der Waals surface area contributed by atoms with Gasteiger partial charge in [0.25, 0.3) is 0 Å². The molecule has 0 aromatic heterocycles. The number of Topliss-reactive ketones (excluding diaryl/α,β-unsaturated/α-hetero) is 1. The number of hydrogen-bond acceptors (Lipinski definition) is 4. The highest BCUT2D eigenvalue weighted by atomic mass is 16.3. The Labute approximate surface area is 177 Å². The largest absolute Gasteiger partial charge is 0.393 e. The molecule has 0 saturated heterocycles. The first kappa shape index (κ1) is 21.8. The second-order valence-electron chi connectivity index (χ2n) is 11.8. The Hall–Kier alpha value is -0.450. The average Bonchev–Trinajstić information content (AvgIpc) is 3.01. The van der Waals surface area contributed by atoms with Gasteiger partial charge in [-0.2, -0.15) is 0 Å². The number of fused-ring (bicyclic) bond motifs is 5. The Kier molecular flexibility index (Phi) is 5.71. The topological polar surface area (TPSA) is 83.5 Å². The van der Waals surface area contributed by atoms with E-state index in [1.54, 1.807) is 6.92 Å². The molecule has 0 aromatic carbocycles. The fourth-order valence-corrected chi connectivity index (χ4v) is 8.82. The van der Waals surface area contributed by atoms with Crippen LogP contribution in [0.1, 0.15) is 85.5 Å². The van der Waals surface area contributed by atoms with Gasteiger partial charge in [0, 0.05) is 12.5 Å². The number of carbonyl (C=O) groups is 1. The molecule has 4 N–H and O–H groups in total. The Morgan fingerprint density at radius 2 is 1.83 bits per heavy atom. The van der Waals surface area contributed by atoms with E-state index in [9.17, 15) is 15.0 Å². The molecular formula is C25H43NO3. The molecule has 11 atom stereocenters. The van der Waals surface area contributed by atoms with Crippen LogP contribution >= 0.6 is 0 Å². The van der Waals surface area contributed by atoms with Crippen LogP contribution in [-0.2, 0) is 4.79 Å². The summed E-state index contributed by atoms with van der Waals surface area (Å²) >= 11 is 0. The van der Waals surface area contributed by atoms with Gasteiger partial charge in [0.2, 0.25) is 0 Å². The van der Waals surface area contributed by atoms with Crippen LogP contribution in [-0.4, -0.2) is 34.2 Å². The van der Waals surface area contributed by atoms with Gasteiger partial charge in [-0.15, -0.1) is 0 Å². The Morgan fingerprint density at radius 3 is 2.52 bits per heavy atom. The molecule has 0 aromatic rings. The molecule has 4 saturated carbocycles. The van der Waals surface area contributed by atoms with Crippen LogP contribution in [0.3, 0.4) is 0 Å². The summed E-state index contributed by atoms with van der Waals surface area (Å²) in [5.74, 6) is 2.75. The molecule has 4 rings (SSSR count). The second-order valence-corrected chi connectivity index (χ2v) is 11.8. The predicted molar refractivity (Wildman–Crippen MR) is 115 cm³/mol. The van der Waals surface area contributed by atoms with Crippen molar-refractivity contribution in [3.63, 3.8) is 0 Å². The minimum atomic E-state index is -0.306. The summed E-state index contributed by atoms with van der Waals surface area (Å²) in [6.45, 7) is 8.69. The van der Waals surface area contributed by atoms with Crippen molar-refractivity contribution in [2.75, 3.05) is 0 Å². The van der Waals surface area contributed by atoms with Crippen molar-refractivity contribution >= 4 is 5.78 Å². The van der Waals surface area contributed by atoms with Crippen LogP contribution in [0.5, 0.6) is 0 Å². The van der Waals surface area contributed by atoms with Crippen LogP contribution in [0, 0.1) is 46.3 Å². The van der Waals surface area contributed by atoms with Gasteiger partial charge in [0.1, 0.15) is 5.78 Å². The van der Waals surface area contributed by atoms with E-state index >= 15 is 0 Å². The van der Waals surface area contributed by atoms with Crippen LogP contribution in [0.15, 0.2) is 0 Å². The van der Waals surface area contributed by atoms with E-state index in [1.165, 1.54) is 0 Å². The van der Waals surface area contributed by atoms with Crippen molar-refractivity contribution in [3.05, 3.63) is 0 Å². The van der Waals surface area contributed by atoms with Crippen molar-refractivity contribution < 1.29 is 15.0 Å². The maximum absolute atomic E-state index is 11.5. The van der Waals surface area contributed by atoms with E-state index in [0.717, 1.165) is 51.4 Å². The fraction of sp³-hybridized carbons (Fsp3) is 0.960. The maximum atomic E-state index is 11.5. The minimum Gasteiger partial charge on any atom is -0.393 e. The molecule has 4 aliphatic rings. The molecular weight excluding hydrogens is 362 g/mol. The molecule has 4 nitrogen and oxygen atoms in total. The summed E-state index contributed by atoms with van der Waals surface area (Å²) in [7, 11) is 0. The third-order valence-corrected chi connectivity index (χ3v) is 10.5. The molecule has 1 unspecified atom stereocenters. The quantitative estimate of drug-likeness (QED) is 0.662. The monoisotopic (exact) mass is 405 g/mol. The molecule has 0 aliphatic heterocycles. The zero-order valence-electron chi connectivity index (χ0n) is 18.9. The summed E-state index contributed by atoms with van der Waals surface area (Å²) in [6, 6.07) is 0.272. The van der Waals surface area contributed by atoms with Crippen molar-refractivity contribution in [2.24, 2.45) is 52.1 Å². The van der Waals surface area contributed by atoms with Gasteiger partial charge in [-0.3, -0.25) is 0 Å². The van der Waals surface area contributed by atoms with Gasteiger partial charge >= 0.3 is 0 Å². The van der Waals surface area contributed by atoms with Crippen molar-refractivity contribution in [2.45, 2.75) is 104 Å². The number of nitrogens with two attached hydrogens (primary N) is 1. The van der Waals surface area contributed by atoms with Gasteiger partial charge in [0.15, 0.2) is 0 Å². The second kappa shape index (κ2) is 7.60. The first-order valence-corrected chi connectivity index (χ1v) is 12.2. The first-order chi connectivity index (χ1) is 13.6. The number of carbonyl (C=O) groups excluding carboxylic acids is 1. The summed E-state index contributed by atoms with van der Waals surface area (Å²) in [5, 5.41) is 22.9. The number of aliphatic hydroxyl groups is 2. The SMILES string of the molecule is CC(=O)CCC(C)[C@H]1CC[C@H]2[C@@H]3[C@H](O)C[C@@H]4C[C@H](N)CC[C@]4(C)[C@H]3C[C@H](O)[C@]12C. The van der Waals surface area contributed by atoms with E-state index in [-0.39, 0.29) is 34.9 Å². The normalized spacial score (nSPS) is 52.9. The molecule has 4 fully saturated rings. The third kappa shape index (κ3) is 3.32. The molecule has 0 amide bonds. The summed E-state index contributed by atoms with van der Waals surface area (Å²) < 4.78 is 0. The molecule has 0 spiro atoms. The average molecular weight is 406 g/mol. The molecule has 166 valence electrons. The van der Waals surface area contributed by atoms with Crippen molar-refractivity contribution in [3.8, 4) is 0 Å². The minimum absolute atomic E-state index is 0.132. The summed E-state index contributed by atoms with van der Waals surface area (Å²) in [4.78, 5) is 11.5. The Balaban J connectivity index is 1.61. The van der Waals surface area contributed by atoms with Gasteiger partial charge in [0.05, 0.1) is 12.2 Å². The van der Waals surface area contributed by atoms with Gasteiger partial charge in [-0.25, -0.2) is 0 Å².